The highest BCUT2D eigenvalue weighted by Gasteiger charge is 1.93. The molecule has 0 bridgehead atoms. The second kappa shape index (κ2) is 5.91. The van der Waals surface area contributed by atoms with Crippen molar-refractivity contribution in [3.63, 3.8) is 0 Å². The van der Waals surface area contributed by atoms with Gasteiger partial charge in [0.25, 0.3) is 6.08 Å². The van der Waals surface area contributed by atoms with Crippen LogP contribution in [0.5, 0.6) is 0 Å². The Hall–Kier alpha value is -2.01. The van der Waals surface area contributed by atoms with E-state index in [2.05, 4.69) is 48.5 Å². The van der Waals surface area contributed by atoms with Crippen LogP contribution in [0, 0.1) is 0 Å². The van der Waals surface area contributed by atoms with Gasteiger partial charge in [-0.1, -0.05) is 52.9 Å². The minimum atomic E-state index is -4.47. The number of nitrogens with zero attached hydrogens (tertiary/aromatic N) is 1. The van der Waals surface area contributed by atoms with Gasteiger partial charge in [-0.2, -0.15) is 8.42 Å². The zero-order valence-electron chi connectivity index (χ0n) is 8.65. The monoisotopic (exact) mass is 251 g/mol. The van der Waals surface area contributed by atoms with Crippen molar-refractivity contribution in [2.75, 3.05) is 0 Å². The highest BCUT2D eigenvalue weighted by atomic mass is 32.2. The molecule has 2 rings (SSSR count). The number of rotatable bonds is 1. The average molecular weight is 251 g/mol. The van der Waals surface area contributed by atoms with E-state index in [1.807, 2.05) is 4.40 Å². The molecular formula is C11H9NO4S. The second-order valence-electron chi connectivity index (χ2n) is 2.98. The maximum absolute atomic E-state index is 9.36. The van der Waals surface area contributed by atoms with Crippen LogP contribution >= 0.6 is 0 Å². The van der Waals surface area contributed by atoms with Crippen LogP contribution in [0.2, 0.25) is 0 Å². The highest BCUT2D eigenvalue weighted by Crippen LogP contribution is 2.11. The molecule has 0 saturated heterocycles. The number of carbonyl (C=O) groups excluding carboxylic acids is 1. The number of benzene rings is 2. The number of hydrogen-bond donors (Lipinski definition) is 1. The third-order valence-corrected chi connectivity index (χ3v) is 2.12. The molecule has 0 aliphatic heterocycles. The van der Waals surface area contributed by atoms with E-state index in [9.17, 15) is 8.42 Å². The molecule has 2 aromatic carbocycles. The van der Waals surface area contributed by atoms with Crippen molar-refractivity contribution in [2.24, 2.45) is 4.40 Å². The number of fused-ring (bicyclic) bond motifs is 1. The fourth-order valence-electron chi connectivity index (χ4n) is 1.18. The van der Waals surface area contributed by atoms with Crippen molar-refractivity contribution in [1.82, 2.24) is 0 Å². The van der Waals surface area contributed by atoms with Crippen molar-refractivity contribution in [3.05, 3.63) is 48.5 Å². The molecule has 17 heavy (non-hydrogen) atoms. The second-order valence-corrected chi connectivity index (χ2v) is 4.06. The molecule has 0 fully saturated rings. The molecular weight excluding hydrogens is 242 g/mol. The molecule has 2 aromatic rings. The molecule has 0 amide bonds. The van der Waals surface area contributed by atoms with E-state index < -0.39 is 10.3 Å². The molecule has 1 N–H and O–H groups in total. The van der Waals surface area contributed by atoms with Crippen molar-refractivity contribution in [2.45, 2.75) is 0 Å². The summed E-state index contributed by atoms with van der Waals surface area (Å²) in [5, 5.41) is 2.62. The standard InChI is InChI=1S/C10H8.CHNO4S/c1-2-6-10-8-4-3-7-9(10)5-1;3-1-2-7(4,5)6/h1-8H;(H,4,5,6). The first-order valence-corrected chi connectivity index (χ1v) is 5.93. The molecule has 0 atom stereocenters. The molecule has 0 spiro atoms. The largest absolute Gasteiger partial charge is 0.388 e. The predicted molar refractivity (Wildman–Crippen MR) is 63.6 cm³/mol. The average Bonchev–Trinajstić information content (AvgIpc) is 2.28. The Balaban J connectivity index is 0.000000185. The van der Waals surface area contributed by atoms with E-state index in [4.69, 9.17) is 9.35 Å². The first kappa shape index (κ1) is 13.1. The minimum Gasteiger partial charge on any atom is -0.267 e. The summed E-state index contributed by atoms with van der Waals surface area (Å²) in [6, 6.07) is 16.7. The van der Waals surface area contributed by atoms with Gasteiger partial charge >= 0.3 is 10.3 Å². The van der Waals surface area contributed by atoms with Gasteiger partial charge < -0.3 is 0 Å². The summed E-state index contributed by atoms with van der Waals surface area (Å²) in [7, 11) is -4.47. The maximum atomic E-state index is 9.36. The minimum absolute atomic E-state index is 0.645. The van der Waals surface area contributed by atoms with E-state index in [0.29, 0.717) is 6.08 Å². The van der Waals surface area contributed by atoms with Crippen LogP contribution in [-0.2, 0) is 15.1 Å². The molecule has 0 heterocycles. The summed E-state index contributed by atoms with van der Waals surface area (Å²) < 4.78 is 28.3. The predicted octanol–water partition coefficient (Wildman–Crippen LogP) is 1.96. The van der Waals surface area contributed by atoms with Crippen LogP contribution in [-0.4, -0.2) is 19.1 Å². The van der Waals surface area contributed by atoms with E-state index in [1.54, 1.807) is 0 Å². The summed E-state index contributed by atoms with van der Waals surface area (Å²) in [5.41, 5.74) is 0. The summed E-state index contributed by atoms with van der Waals surface area (Å²) in [6.45, 7) is 0. The third kappa shape index (κ3) is 5.03. The summed E-state index contributed by atoms with van der Waals surface area (Å²) in [4.78, 5) is 8.99. The Kier molecular flexibility index (Phi) is 4.54. The zero-order chi connectivity index (χ0) is 12.7. The topological polar surface area (TPSA) is 83.8 Å². The van der Waals surface area contributed by atoms with Gasteiger partial charge in [-0.05, 0) is 10.8 Å². The van der Waals surface area contributed by atoms with Crippen LogP contribution in [0.15, 0.2) is 52.9 Å². The Labute approximate surface area is 98.3 Å². The van der Waals surface area contributed by atoms with Gasteiger partial charge in [0.2, 0.25) is 0 Å². The Morgan fingerprint density at radius 3 is 1.47 bits per heavy atom. The van der Waals surface area contributed by atoms with Crippen LogP contribution in [0.4, 0.5) is 0 Å². The summed E-state index contributed by atoms with van der Waals surface area (Å²) in [6.07, 6.45) is 0.645. The van der Waals surface area contributed by atoms with Gasteiger partial charge in [0, 0.05) is 0 Å². The van der Waals surface area contributed by atoms with Crippen molar-refractivity contribution in [1.29, 1.82) is 0 Å². The maximum Gasteiger partial charge on any atom is 0.388 e. The molecule has 0 aliphatic carbocycles. The zero-order valence-corrected chi connectivity index (χ0v) is 9.46. The van der Waals surface area contributed by atoms with Gasteiger partial charge in [0.1, 0.15) is 0 Å². The van der Waals surface area contributed by atoms with E-state index >= 15 is 0 Å². The van der Waals surface area contributed by atoms with Gasteiger partial charge in [0.05, 0.1) is 0 Å². The summed E-state index contributed by atoms with van der Waals surface area (Å²) in [5.74, 6) is 0. The highest BCUT2D eigenvalue weighted by molar-refractivity contribution is 7.84. The Morgan fingerprint density at radius 1 is 0.941 bits per heavy atom. The molecule has 0 unspecified atom stereocenters. The van der Waals surface area contributed by atoms with Crippen molar-refractivity contribution < 1.29 is 17.8 Å². The van der Waals surface area contributed by atoms with Gasteiger partial charge in [0.15, 0.2) is 0 Å². The molecule has 88 valence electrons. The Morgan fingerprint density at radius 2 is 1.29 bits per heavy atom. The van der Waals surface area contributed by atoms with Gasteiger partial charge in [-0.3, -0.25) is 4.55 Å². The lowest BCUT2D eigenvalue weighted by atomic mass is 10.1. The fourth-order valence-corrected chi connectivity index (χ4v) is 1.27. The van der Waals surface area contributed by atoms with Crippen molar-refractivity contribution in [3.8, 4) is 0 Å². The van der Waals surface area contributed by atoms with E-state index in [1.165, 1.54) is 10.8 Å². The lowest BCUT2D eigenvalue weighted by Gasteiger charge is -1.92. The molecule has 0 saturated carbocycles. The third-order valence-electron chi connectivity index (χ3n) is 1.81. The number of isocyanates is 1. The van der Waals surface area contributed by atoms with E-state index in [-0.39, 0.29) is 0 Å². The number of hydrogen-bond acceptors (Lipinski definition) is 3. The smallest absolute Gasteiger partial charge is 0.267 e. The molecule has 6 heteroatoms. The van der Waals surface area contributed by atoms with Gasteiger partial charge in [-0.15, -0.1) is 0 Å². The normalized spacial score (nSPS) is 9.94. The van der Waals surface area contributed by atoms with Crippen molar-refractivity contribution >= 4 is 27.2 Å². The molecule has 0 aliphatic rings. The Bertz CT molecular complexity index is 580. The van der Waals surface area contributed by atoms with Crippen LogP contribution in [0.3, 0.4) is 0 Å². The van der Waals surface area contributed by atoms with Crippen LogP contribution in [0.25, 0.3) is 10.8 Å². The molecule has 0 radical (unpaired) electrons. The molecule has 5 nitrogen and oxygen atoms in total. The van der Waals surface area contributed by atoms with Crippen LogP contribution in [0.1, 0.15) is 0 Å². The molecule has 0 aromatic heterocycles. The first-order chi connectivity index (χ1) is 8.03. The van der Waals surface area contributed by atoms with Gasteiger partial charge in [-0.25, -0.2) is 4.79 Å². The quantitative estimate of drug-likeness (QED) is 0.477. The lowest BCUT2D eigenvalue weighted by Crippen LogP contribution is -1.87. The van der Waals surface area contributed by atoms with Crippen LogP contribution < -0.4 is 0 Å². The lowest BCUT2D eigenvalue weighted by molar-refractivity contribution is 0.484. The van der Waals surface area contributed by atoms with E-state index in [0.717, 1.165) is 0 Å². The fraction of sp³-hybridized carbons (Fsp3) is 0. The SMILES string of the molecule is O=C=NS(=O)(=O)O.c1ccc2ccccc2c1. The first-order valence-electron chi connectivity index (χ1n) is 4.53. The summed E-state index contributed by atoms with van der Waals surface area (Å²) >= 11 is 0.